The molecule has 0 aliphatic carbocycles. The van der Waals surface area contributed by atoms with E-state index in [1.54, 1.807) is 0 Å². The molecule has 0 heterocycles. The zero-order valence-electron chi connectivity index (χ0n) is 5.30. The third-order valence-corrected chi connectivity index (χ3v) is 0. The second kappa shape index (κ2) is 9.26. The Bertz CT molecular complexity index is 40.3. The zero-order chi connectivity index (χ0) is 3.58. The maximum atomic E-state index is 8.33. The van der Waals surface area contributed by atoms with Gasteiger partial charge in [-0.25, -0.2) is 0 Å². The molecule has 0 aromatic carbocycles. The maximum absolute atomic E-state index is 8.33. The van der Waals surface area contributed by atoms with Crippen LogP contribution < -0.4 is 39.8 Å². The van der Waals surface area contributed by atoms with Crippen LogP contribution in [0.25, 0.3) is 0 Å². The van der Waals surface area contributed by atoms with Crippen molar-refractivity contribution in [2.45, 2.75) is 0 Å². The summed E-state index contributed by atoms with van der Waals surface area (Å²) in [4.78, 5) is 8.33. The van der Waals surface area contributed by atoms with Gasteiger partial charge >= 0.3 is 46.9 Å². The molecule has 0 N–H and O–H groups in total. The van der Waals surface area contributed by atoms with E-state index in [4.69, 9.17) is 15.0 Å². The quantitative estimate of drug-likeness (QED) is 0.293. The van der Waals surface area contributed by atoms with E-state index in [2.05, 4.69) is 0 Å². The Hall–Kier alpha value is 0.802. The molecule has 5 heteroatoms. The SMILES string of the molecule is O=C([O-])[O-].[Al+3].[H-].[H-].[Na+]. The topological polar surface area (TPSA) is 63.2 Å². The van der Waals surface area contributed by atoms with Crippen molar-refractivity contribution in [2.24, 2.45) is 0 Å². The largest absolute Gasteiger partial charge is 3.00 e. The Morgan fingerprint density at radius 2 is 1.50 bits per heavy atom. The van der Waals surface area contributed by atoms with Crippen LogP contribution in [-0.2, 0) is 0 Å². The molecule has 0 saturated carbocycles. The van der Waals surface area contributed by atoms with Crippen molar-refractivity contribution in [3.8, 4) is 0 Å². The van der Waals surface area contributed by atoms with Gasteiger partial charge in [0.05, 0.1) is 0 Å². The van der Waals surface area contributed by atoms with Gasteiger partial charge in [-0.3, -0.25) is 0 Å². The Labute approximate surface area is 70.7 Å². The summed E-state index contributed by atoms with van der Waals surface area (Å²) in [7, 11) is 0. The van der Waals surface area contributed by atoms with Crippen LogP contribution in [-0.4, -0.2) is 23.5 Å². The fraction of sp³-hybridized carbons (Fsp3) is 0. The molecule has 6 heavy (non-hydrogen) atoms. The first-order valence-electron chi connectivity index (χ1n) is 0.612. The summed E-state index contributed by atoms with van der Waals surface area (Å²) in [5.74, 6) is 0. The molecule has 28 valence electrons. The number of hydrogen-bond donors (Lipinski definition) is 0. The summed E-state index contributed by atoms with van der Waals surface area (Å²) in [5.41, 5.74) is 0. The van der Waals surface area contributed by atoms with Crippen molar-refractivity contribution in [3.05, 3.63) is 0 Å². The van der Waals surface area contributed by atoms with Crippen molar-refractivity contribution in [1.82, 2.24) is 0 Å². The molecule has 0 radical (unpaired) electrons. The van der Waals surface area contributed by atoms with E-state index >= 15 is 0 Å². The van der Waals surface area contributed by atoms with E-state index in [0.29, 0.717) is 0 Å². The smallest absolute Gasteiger partial charge is 1.00 e. The van der Waals surface area contributed by atoms with Gasteiger partial charge in [-0.1, -0.05) is 0 Å². The van der Waals surface area contributed by atoms with Crippen LogP contribution >= 0.6 is 0 Å². The molecule has 0 aromatic heterocycles. The predicted molar refractivity (Wildman–Crippen MR) is 13.4 cm³/mol. The third-order valence-electron chi connectivity index (χ3n) is 0. The van der Waals surface area contributed by atoms with Crippen molar-refractivity contribution in [2.75, 3.05) is 0 Å². The van der Waals surface area contributed by atoms with Crippen molar-refractivity contribution in [1.29, 1.82) is 0 Å². The van der Waals surface area contributed by atoms with Gasteiger partial charge in [-0.2, -0.15) is 0 Å². The van der Waals surface area contributed by atoms with Crippen LogP contribution in [0.2, 0.25) is 0 Å². The fourth-order valence-electron chi connectivity index (χ4n) is 0. The van der Waals surface area contributed by atoms with Crippen LogP contribution in [0.5, 0.6) is 0 Å². The molecule has 3 nitrogen and oxygen atoms in total. The fourth-order valence-corrected chi connectivity index (χ4v) is 0. The Morgan fingerprint density at radius 1 is 1.50 bits per heavy atom. The molecule has 0 rings (SSSR count). The summed E-state index contributed by atoms with van der Waals surface area (Å²) in [6, 6.07) is 0. The van der Waals surface area contributed by atoms with Crippen molar-refractivity contribution >= 4 is 23.5 Å². The van der Waals surface area contributed by atoms with Gasteiger partial charge in [0.15, 0.2) is 0 Å². The first kappa shape index (κ1) is 15.8. The van der Waals surface area contributed by atoms with E-state index in [-0.39, 0.29) is 49.8 Å². The van der Waals surface area contributed by atoms with Crippen LogP contribution in [0, 0.1) is 0 Å². The Morgan fingerprint density at radius 3 is 1.50 bits per heavy atom. The molecule has 0 fully saturated rings. The minimum Gasteiger partial charge on any atom is -1.00 e. The molecule has 0 unspecified atom stereocenters. The second-order valence-electron chi connectivity index (χ2n) is 0.250. The first-order valence-corrected chi connectivity index (χ1v) is 0.612. The van der Waals surface area contributed by atoms with Crippen molar-refractivity contribution in [3.63, 3.8) is 0 Å². The van der Waals surface area contributed by atoms with Gasteiger partial charge in [-0.05, 0) is 6.16 Å². The number of carbonyl (C=O) groups is 1. The van der Waals surface area contributed by atoms with E-state index < -0.39 is 6.16 Å². The van der Waals surface area contributed by atoms with Gasteiger partial charge in [0.25, 0.3) is 0 Å². The van der Waals surface area contributed by atoms with E-state index in [1.807, 2.05) is 0 Å². The molecule has 0 aromatic rings. The molecule has 0 aliphatic rings. The molecular formula is CH2AlNaO3. The molecule has 0 bridgehead atoms. The third kappa shape index (κ3) is 108. The Kier molecular flexibility index (Phi) is 24.4. The van der Waals surface area contributed by atoms with Gasteiger partial charge in [-0.15, -0.1) is 0 Å². The summed E-state index contributed by atoms with van der Waals surface area (Å²) in [6.45, 7) is 0. The number of rotatable bonds is 0. The zero-order valence-corrected chi connectivity index (χ0v) is 6.46. The molecule has 0 atom stereocenters. The molecule has 0 aliphatic heterocycles. The molecular weight excluding hydrogens is 110 g/mol. The average molecular weight is 112 g/mol. The summed E-state index contributed by atoms with van der Waals surface area (Å²) < 4.78 is 0. The second-order valence-corrected chi connectivity index (χ2v) is 0.250. The van der Waals surface area contributed by atoms with Crippen LogP contribution in [0.15, 0.2) is 0 Å². The maximum Gasteiger partial charge on any atom is 3.00 e. The number of carboxylic acid groups (broad SMARTS) is 2. The van der Waals surface area contributed by atoms with Crippen LogP contribution in [0.3, 0.4) is 0 Å². The first-order chi connectivity index (χ1) is 1.73. The molecule has 0 amide bonds. The monoisotopic (exact) mass is 112 g/mol. The average Bonchev–Trinajstić information content (AvgIpc) is 0.811. The summed E-state index contributed by atoms with van der Waals surface area (Å²) >= 11 is 0. The normalized spacial score (nSPS) is 4.00. The van der Waals surface area contributed by atoms with Gasteiger partial charge in [0, 0.05) is 0 Å². The minimum absolute atomic E-state index is 0. The predicted octanol–water partition coefficient (Wildman–Crippen LogP) is -5.60. The molecule has 0 spiro atoms. The molecule has 0 saturated heterocycles. The van der Waals surface area contributed by atoms with Gasteiger partial charge < -0.3 is 17.9 Å². The van der Waals surface area contributed by atoms with E-state index in [0.717, 1.165) is 0 Å². The summed E-state index contributed by atoms with van der Waals surface area (Å²) in [6.07, 6.45) is -2.33. The van der Waals surface area contributed by atoms with E-state index in [9.17, 15) is 0 Å². The number of carbonyl (C=O) groups excluding carboxylic acids is 1. The Balaban J connectivity index is -0.00000000750. The standard InChI is InChI=1S/CH2O3.Al.Na.2H/c2-1(3)4;;;;/h(H2,2,3,4);;;;/q;+3;+1;2*-1/p-2. The van der Waals surface area contributed by atoms with Crippen molar-refractivity contribution < 1.29 is 47.4 Å². The van der Waals surface area contributed by atoms with E-state index in [1.165, 1.54) is 0 Å². The van der Waals surface area contributed by atoms with Crippen LogP contribution in [0.4, 0.5) is 4.79 Å². The summed E-state index contributed by atoms with van der Waals surface area (Å²) in [5, 5.41) is 16.7. The number of hydrogen-bond acceptors (Lipinski definition) is 3. The van der Waals surface area contributed by atoms with Crippen LogP contribution in [0.1, 0.15) is 2.85 Å². The van der Waals surface area contributed by atoms with Gasteiger partial charge in [0.1, 0.15) is 0 Å². The minimum atomic E-state index is -2.33. The van der Waals surface area contributed by atoms with Gasteiger partial charge in [0.2, 0.25) is 0 Å².